The lowest BCUT2D eigenvalue weighted by atomic mass is 9.69. The average molecular weight is 295 g/mol. The highest BCUT2D eigenvalue weighted by Crippen LogP contribution is 2.41. The van der Waals surface area contributed by atoms with Crippen LogP contribution in [-0.2, 0) is 0 Å². The van der Waals surface area contributed by atoms with Gasteiger partial charge >= 0.3 is 0 Å². The van der Waals surface area contributed by atoms with Gasteiger partial charge in [0, 0.05) is 18.6 Å². The standard InChI is InChI=1S/C19H38N2/c1-7-11-20-16-9-8-15(18(2,3)4)13-17(16)21-12-10-19(5,6)14-21/h15-17,20H,7-14H2,1-6H3. The Bertz CT molecular complexity index is 329. The zero-order chi connectivity index (χ0) is 15.7. The Hall–Kier alpha value is -0.0800. The second-order valence-electron chi connectivity index (χ2n) is 9.39. The van der Waals surface area contributed by atoms with Gasteiger partial charge in [0.05, 0.1) is 0 Å². The molecule has 1 aliphatic heterocycles. The first-order chi connectivity index (χ1) is 9.73. The van der Waals surface area contributed by atoms with Gasteiger partial charge in [-0.15, -0.1) is 0 Å². The highest BCUT2D eigenvalue weighted by atomic mass is 15.2. The van der Waals surface area contributed by atoms with Crippen molar-refractivity contribution in [1.29, 1.82) is 0 Å². The van der Waals surface area contributed by atoms with Crippen LogP contribution in [0.4, 0.5) is 0 Å². The predicted molar refractivity (Wildman–Crippen MR) is 92.6 cm³/mol. The van der Waals surface area contributed by atoms with Crippen LogP contribution >= 0.6 is 0 Å². The van der Waals surface area contributed by atoms with Crippen LogP contribution in [0, 0.1) is 16.7 Å². The average Bonchev–Trinajstić information content (AvgIpc) is 2.75. The second kappa shape index (κ2) is 6.58. The molecule has 1 heterocycles. The topological polar surface area (TPSA) is 15.3 Å². The van der Waals surface area contributed by atoms with Crippen molar-refractivity contribution in [3.05, 3.63) is 0 Å². The van der Waals surface area contributed by atoms with E-state index in [-0.39, 0.29) is 0 Å². The molecule has 3 atom stereocenters. The predicted octanol–water partition coefficient (Wildman–Crippen LogP) is 4.30. The maximum absolute atomic E-state index is 3.86. The summed E-state index contributed by atoms with van der Waals surface area (Å²) in [6, 6.07) is 1.48. The molecule has 1 saturated carbocycles. The number of hydrogen-bond acceptors (Lipinski definition) is 2. The fraction of sp³-hybridized carbons (Fsp3) is 1.00. The second-order valence-corrected chi connectivity index (χ2v) is 9.39. The van der Waals surface area contributed by atoms with E-state index in [0.717, 1.165) is 18.0 Å². The summed E-state index contributed by atoms with van der Waals surface area (Å²) in [6.07, 6.45) is 6.77. The lowest BCUT2D eigenvalue weighted by molar-refractivity contribution is 0.0663. The van der Waals surface area contributed by atoms with E-state index in [2.05, 4.69) is 51.8 Å². The highest BCUT2D eigenvalue weighted by molar-refractivity contribution is 4.97. The molecule has 0 aromatic carbocycles. The molecule has 0 radical (unpaired) electrons. The minimum atomic E-state index is 0.462. The molecule has 0 aromatic heterocycles. The van der Waals surface area contributed by atoms with Gasteiger partial charge in [-0.05, 0) is 61.9 Å². The van der Waals surface area contributed by atoms with Gasteiger partial charge in [0.15, 0.2) is 0 Å². The summed E-state index contributed by atoms with van der Waals surface area (Å²) < 4.78 is 0. The van der Waals surface area contributed by atoms with Gasteiger partial charge in [-0.1, -0.05) is 41.5 Å². The summed E-state index contributed by atoms with van der Waals surface area (Å²) in [5.41, 5.74) is 0.979. The molecule has 21 heavy (non-hydrogen) atoms. The quantitative estimate of drug-likeness (QED) is 0.831. The summed E-state index contributed by atoms with van der Waals surface area (Å²) in [6.45, 7) is 18.2. The molecule has 2 nitrogen and oxygen atoms in total. The van der Waals surface area contributed by atoms with Crippen LogP contribution in [0.3, 0.4) is 0 Å². The first-order valence-corrected chi connectivity index (χ1v) is 9.20. The van der Waals surface area contributed by atoms with Crippen LogP contribution in [0.2, 0.25) is 0 Å². The zero-order valence-corrected chi connectivity index (χ0v) is 15.3. The fourth-order valence-electron chi connectivity index (χ4n) is 4.34. The molecule has 2 heteroatoms. The molecule has 1 saturated heterocycles. The number of likely N-dealkylation sites (tertiary alicyclic amines) is 1. The van der Waals surface area contributed by atoms with Crippen LogP contribution in [0.1, 0.15) is 73.6 Å². The molecule has 0 amide bonds. The zero-order valence-electron chi connectivity index (χ0n) is 15.3. The summed E-state index contributed by atoms with van der Waals surface area (Å²) in [5, 5.41) is 3.86. The molecular weight excluding hydrogens is 256 g/mol. The van der Waals surface area contributed by atoms with E-state index in [9.17, 15) is 0 Å². The van der Waals surface area contributed by atoms with E-state index in [1.165, 1.54) is 51.7 Å². The van der Waals surface area contributed by atoms with E-state index in [1.807, 2.05) is 0 Å². The van der Waals surface area contributed by atoms with Crippen molar-refractivity contribution < 1.29 is 0 Å². The minimum absolute atomic E-state index is 0.462. The van der Waals surface area contributed by atoms with Gasteiger partial charge in [0.25, 0.3) is 0 Å². The molecule has 0 bridgehead atoms. The van der Waals surface area contributed by atoms with Crippen molar-refractivity contribution in [2.24, 2.45) is 16.7 Å². The first-order valence-electron chi connectivity index (χ1n) is 9.20. The number of nitrogens with zero attached hydrogens (tertiary/aromatic N) is 1. The molecule has 0 spiro atoms. The lowest BCUT2D eigenvalue weighted by Gasteiger charge is -2.46. The molecule has 1 N–H and O–H groups in total. The molecule has 2 aliphatic rings. The Morgan fingerprint density at radius 1 is 1.19 bits per heavy atom. The van der Waals surface area contributed by atoms with Crippen LogP contribution in [0.25, 0.3) is 0 Å². The van der Waals surface area contributed by atoms with Crippen LogP contribution in [0.5, 0.6) is 0 Å². The maximum atomic E-state index is 3.86. The summed E-state index contributed by atoms with van der Waals surface area (Å²) in [7, 11) is 0. The number of nitrogens with one attached hydrogen (secondary N) is 1. The van der Waals surface area contributed by atoms with Crippen molar-refractivity contribution in [1.82, 2.24) is 10.2 Å². The smallest absolute Gasteiger partial charge is 0.0252 e. The van der Waals surface area contributed by atoms with E-state index in [4.69, 9.17) is 0 Å². The van der Waals surface area contributed by atoms with Crippen molar-refractivity contribution in [3.8, 4) is 0 Å². The van der Waals surface area contributed by atoms with Gasteiger partial charge in [-0.3, -0.25) is 4.90 Å². The molecule has 3 unspecified atom stereocenters. The van der Waals surface area contributed by atoms with Crippen LogP contribution in [0.15, 0.2) is 0 Å². The number of hydrogen-bond donors (Lipinski definition) is 1. The van der Waals surface area contributed by atoms with Gasteiger partial charge in [-0.25, -0.2) is 0 Å². The third-order valence-electron chi connectivity index (χ3n) is 5.87. The van der Waals surface area contributed by atoms with Gasteiger partial charge in [0.1, 0.15) is 0 Å². The van der Waals surface area contributed by atoms with Gasteiger partial charge < -0.3 is 5.32 Å². The Kier molecular flexibility index (Phi) is 5.41. The van der Waals surface area contributed by atoms with Gasteiger partial charge in [-0.2, -0.15) is 0 Å². The third kappa shape index (κ3) is 4.45. The van der Waals surface area contributed by atoms with Crippen molar-refractivity contribution in [2.75, 3.05) is 19.6 Å². The van der Waals surface area contributed by atoms with Gasteiger partial charge in [0.2, 0.25) is 0 Å². The Balaban J connectivity index is 2.06. The Morgan fingerprint density at radius 2 is 1.90 bits per heavy atom. The van der Waals surface area contributed by atoms with Crippen molar-refractivity contribution >= 4 is 0 Å². The SMILES string of the molecule is CCCNC1CCC(C(C)(C)C)CC1N1CCC(C)(C)C1. The highest BCUT2D eigenvalue weighted by Gasteiger charge is 2.41. The van der Waals surface area contributed by atoms with E-state index in [1.54, 1.807) is 0 Å². The maximum Gasteiger partial charge on any atom is 0.0252 e. The largest absolute Gasteiger partial charge is 0.312 e. The fourth-order valence-corrected chi connectivity index (χ4v) is 4.34. The molecule has 124 valence electrons. The van der Waals surface area contributed by atoms with Crippen LogP contribution < -0.4 is 5.32 Å². The third-order valence-corrected chi connectivity index (χ3v) is 5.87. The Labute approximate surface area is 133 Å². The lowest BCUT2D eigenvalue weighted by Crippen LogP contribution is -2.54. The van der Waals surface area contributed by atoms with Crippen molar-refractivity contribution in [3.63, 3.8) is 0 Å². The monoisotopic (exact) mass is 294 g/mol. The molecule has 1 aliphatic carbocycles. The first kappa shape index (κ1) is 17.3. The Morgan fingerprint density at radius 3 is 2.43 bits per heavy atom. The van der Waals surface area contributed by atoms with Crippen LogP contribution in [-0.4, -0.2) is 36.6 Å². The summed E-state index contributed by atoms with van der Waals surface area (Å²) in [5.74, 6) is 0.880. The van der Waals surface area contributed by atoms with E-state index in [0.29, 0.717) is 10.8 Å². The van der Waals surface area contributed by atoms with Crippen molar-refractivity contribution in [2.45, 2.75) is 85.7 Å². The number of rotatable bonds is 4. The van der Waals surface area contributed by atoms with E-state index < -0.39 is 0 Å². The van der Waals surface area contributed by atoms with E-state index >= 15 is 0 Å². The minimum Gasteiger partial charge on any atom is -0.312 e. The summed E-state index contributed by atoms with van der Waals surface area (Å²) >= 11 is 0. The molecule has 2 rings (SSSR count). The molecular formula is C19H38N2. The normalized spacial score (nSPS) is 34.3. The molecule has 0 aromatic rings. The molecule has 2 fully saturated rings. The summed E-state index contributed by atoms with van der Waals surface area (Å²) in [4.78, 5) is 2.81.